The van der Waals surface area contributed by atoms with E-state index in [4.69, 9.17) is 16.3 Å². The highest BCUT2D eigenvalue weighted by Gasteiger charge is 2.38. The number of carbonyl (C=O) groups is 1. The second-order valence-electron chi connectivity index (χ2n) is 6.41. The first kappa shape index (κ1) is 21.8. The van der Waals surface area contributed by atoms with Gasteiger partial charge in [0.05, 0.1) is 22.1 Å². The van der Waals surface area contributed by atoms with Gasteiger partial charge in [0.2, 0.25) is 0 Å². The van der Waals surface area contributed by atoms with Crippen LogP contribution in [0.5, 0.6) is 5.75 Å². The van der Waals surface area contributed by atoms with Crippen LogP contribution in [-0.4, -0.2) is 33.3 Å². The van der Waals surface area contributed by atoms with Gasteiger partial charge in [-0.25, -0.2) is 15.8 Å². The Labute approximate surface area is 181 Å². The van der Waals surface area contributed by atoms with Crippen molar-refractivity contribution in [3.8, 4) is 11.8 Å². The highest BCUT2D eigenvalue weighted by Crippen LogP contribution is 2.30. The molecule has 31 heavy (non-hydrogen) atoms. The first-order chi connectivity index (χ1) is 14.8. The number of allylic oxidation sites excluding steroid dienone is 1. The number of hydrazine groups is 1. The minimum absolute atomic E-state index is 0.0459. The Balaban J connectivity index is 2.13. The molecule has 158 valence electrons. The van der Waals surface area contributed by atoms with Crippen molar-refractivity contribution in [3.63, 3.8) is 0 Å². The SMILES string of the molecule is CSC1N=C(Cc2ccccc2)C([N+](=O)[O-])=C(Oc2cc(C#N)ccc2C(N)=O)N1N. The summed E-state index contributed by atoms with van der Waals surface area (Å²) in [6.45, 7) is 0. The molecule has 10 nitrogen and oxygen atoms in total. The molecule has 0 aromatic heterocycles. The third-order valence-electron chi connectivity index (χ3n) is 4.41. The molecule has 0 saturated heterocycles. The fourth-order valence-electron chi connectivity index (χ4n) is 2.96. The molecule has 3 rings (SSSR count). The minimum Gasteiger partial charge on any atom is -0.433 e. The number of primary amides is 1. The summed E-state index contributed by atoms with van der Waals surface area (Å²) in [5.74, 6) is 4.86. The number of benzene rings is 2. The number of amides is 1. The van der Waals surface area contributed by atoms with E-state index in [1.54, 1.807) is 6.26 Å². The van der Waals surface area contributed by atoms with Crippen LogP contribution in [0.1, 0.15) is 21.5 Å². The lowest BCUT2D eigenvalue weighted by Gasteiger charge is -2.30. The van der Waals surface area contributed by atoms with E-state index < -0.39 is 22.0 Å². The molecule has 0 aliphatic carbocycles. The number of nitro groups is 1. The molecule has 1 unspecified atom stereocenters. The summed E-state index contributed by atoms with van der Waals surface area (Å²) >= 11 is 1.25. The predicted octanol–water partition coefficient (Wildman–Crippen LogP) is 2.00. The number of carbonyl (C=O) groups excluding carboxylic acids is 1. The lowest BCUT2D eigenvalue weighted by Crippen LogP contribution is -2.45. The van der Waals surface area contributed by atoms with Crippen LogP contribution in [0.15, 0.2) is 65.1 Å². The zero-order valence-electron chi connectivity index (χ0n) is 16.4. The number of rotatable bonds is 7. The fraction of sp³-hybridized carbons (Fsp3) is 0.150. The highest BCUT2D eigenvalue weighted by atomic mass is 32.2. The third kappa shape index (κ3) is 4.66. The lowest BCUT2D eigenvalue weighted by molar-refractivity contribution is -0.419. The molecule has 2 aromatic rings. The molecular weight excluding hydrogens is 420 g/mol. The molecule has 0 saturated carbocycles. The zero-order chi connectivity index (χ0) is 22.5. The van der Waals surface area contributed by atoms with Crippen LogP contribution in [0.25, 0.3) is 0 Å². The number of nitrogens with zero attached hydrogens (tertiary/aromatic N) is 4. The van der Waals surface area contributed by atoms with Crippen LogP contribution in [0.3, 0.4) is 0 Å². The zero-order valence-corrected chi connectivity index (χ0v) is 17.2. The molecule has 1 atom stereocenters. The Morgan fingerprint density at radius 2 is 2.06 bits per heavy atom. The molecule has 1 amide bonds. The van der Waals surface area contributed by atoms with Crippen molar-refractivity contribution in [1.29, 1.82) is 5.26 Å². The summed E-state index contributed by atoms with van der Waals surface area (Å²) in [5.41, 5.74) is 5.38. The molecular formula is C20H18N6O4S. The van der Waals surface area contributed by atoms with Gasteiger partial charge >= 0.3 is 5.70 Å². The number of ether oxygens (including phenoxy) is 1. The minimum atomic E-state index is -0.818. The summed E-state index contributed by atoms with van der Waals surface area (Å²) in [4.78, 5) is 27.6. The second kappa shape index (κ2) is 9.29. The third-order valence-corrected chi connectivity index (χ3v) is 5.16. The number of aliphatic imine (C=N–C) groups is 1. The number of hydrogen-bond acceptors (Lipinski definition) is 9. The normalized spacial score (nSPS) is 15.8. The second-order valence-corrected chi connectivity index (χ2v) is 7.30. The molecule has 11 heteroatoms. The van der Waals surface area contributed by atoms with E-state index in [1.807, 2.05) is 36.4 Å². The Hall–Kier alpha value is -3.88. The van der Waals surface area contributed by atoms with Gasteiger partial charge in [0.1, 0.15) is 11.5 Å². The Kier molecular flexibility index (Phi) is 6.54. The molecule has 0 radical (unpaired) electrons. The van der Waals surface area contributed by atoms with Crippen LogP contribution < -0.4 is 16.3 Å². The molecule has 1 aliphatic rings. The topological polar surface area (TPSA) is 161 Å². The molecule has 0 fully saturated rings. The van der Waals surface area contributed by atoms with Crippen molar-refractivity contribution in [3.05, 3.63) is 86.9 Å². The van der Waals surface area contributed by atoms with Crippen LogP contribution in [0, 0.1) is 21.4 Å². The molecule has 4 N–H and O–H groups in total. The number of nitrogens with two attached hydrogens (primary N) is 2. The van der Waals surface area contributed by atoms with Crippen molar-refractivity contribution in [2.75, 3.05) is 6.26 Å². The van der Waals surface area contributed by atoms with Crippen LogP contribution in [-0.2, 0) is 6.42 Å². The average Bonchev–Trinajstić information content (AvgIpc) is 2.75. The smallest absolute Gasteiger partial charge is 0.351 e. The van der Waals surface area contributed by atoms with Gasteiger partial charge in [-0.3, -0.25) is 14.9 Å². The Morgan fingerprint density at radius 3 is 2.65 bits per heavy atom. The van der Waals surface area contributed by atoms with Crippen molar-refractivity contribution in [2.24, 2.45) is 16.6 Å². The molecule has 0 spiro atoms. The van der Waals surface area contributed by atoms with Crippen molar-refractivity contribution in [2.45, 2.75) is 11.9 Å². The molecule has 0 bridgehead atoms. The van der Waals surface area contributed by atoms with Gasteiger partial charge in [0.15, 0.2) is 5.50 Å². The van der Waals surface area contributed by atoms with E-state index in [2.05, 4.69) is 4.99 Å². The lowest BCUT2D eigenvalue weighted by atomic mass is 10.1. The van der Waals surface area contributed by atoms with Crippen LogP contribution in [0.4, 0.5) is 0 Å². The van der Waals surface area contributed by atoms with E-state index in [0.29, 0.717) is 0 Å². The monoisotopic (exact) mass is 438 g/mol. The number of nitriles is 1. The molecule has 2 aromatic carbocycles. The molecule has 1 heterocycles. The van der Waals surface area contributed by atoms with Crippen LogP contribution in [0.2, 0.25) is 0 Å². The summed E-state index contributed by atoms with van der Waals surface area (Å²) in [6.07, 6.45) is 1.92. The summed E-state index contributed by atoms with van der Waals surface area (Å²) in [5, 5.41) is 22.2. The van der Waals surface area contributed by atoms with E-state index in [-0.39, 0.29) is 34.9 Å². The summed E-state index contributed by atoms with van der Waals surface area (Å²) in [7, 11) is 0. The summed E-state index contributed by atoms with van der Waals surface area (Å²) in [6, 6.07) is 15.0. The van der Waals surface area contributed by atoms with Gasteiger partial charge in [0, 0.05) is 6.42 Å². The van der Waals surface area contributed by atoms with Gasteiger partial charge in [-0.05, 0) is 30.0 Å². The highest BCUT2D eigenvalue weighted by molar-refractivity contribution is 7.99. The number of thioether (sulfide) groups is 1. The van der Waals surface area contributed by atoms with Crippen molar-refractivity contribution < 1.29 is 14.5 Å². The average molecular weight is 438 g/mol. The van der Waals surface area contributed by atoms with E-state index >= 15 is 0 Å². The van der Waals surface area contributed by atoms with Crippen molar-refractivity contribution in [1.82, 2.24) is 5.01 Å². The number of hydrogen-bond donors (Lipinski definition) is 2. The first-order valence-corrected chi connectivity index (χ1v) is 10.2. The maximum Gasteiger partial charge on any atom is 0.351 e. The predicted molar refractivity (Wildman–Crippen MR) is 115 cm³/mol. The van der Waals surface area contributed by atoms with Gasteiger partial charge in [-0.15, -0.1) is 11.8 Å². The molecule has 1 aliphatic heterocycles. The standard InChI is InChI=1S/C20H18N6O4S/c1-31-20-24-15(9-12-5-3-2-4-6-12)17(26(28)29)19(25(20)23)30-16-10-13(11-21)7-8-14(16)18(22)27/h2-8,10,20H,9,23H2,1H3,(H2,22,27). The van der Waals surface area contributed by atoms with E-state index in [1.165, 1.54) is 30.0 Å². The van der Waals surface area contributed by atoms with Gasteiger partial charge in [0.25, 0.3) is 11.8 Å². The van der Waals surface area contributed by atoms with Gasteiger partial charge in [-0.2, -0.15) is 5.26 Å². The van der Waals surface area contributed by atoms with Crippen LogP contribution >= 0.6 is 11.8 Å². The van der Waals surface area contributed by atoms with Gasteiger partial charge < -0.3 is 10.5 Å². The van der Waals surface area contributed by atoms with E-state index in [0.717, 1.165) is 10.6 Å². The quantitative estimate of drug-likeness (QED) is 0.377. The Bertz CT molecular complexity index is 1130. The fourth-order valence-corrected chi connectivity index (χ4v) is 3.51. The van der Waals surface area contributed by atoms with E-state index in [9.17, 15) is 20.2 Å². The maximum absolute atomic E-state index is 12.0. The maximum atomic E-state index is 12.0. The van der Waals surface area contributed by atoms with Crippen molar-refractivity contribution >= 4 is 23.4 Å². The summed E-state index contributed by atoms with van der Waals surface area (Å²) < 4.78 is 5.77. The van der Waals surface area contributed by atoms with Gasteiger partial charge in [-0.1, -0.05) is 30.3 Å². The first-order valence-electron chi connectivity index (χ1n) is 8.93. The Morgan fingerprint density at radius 1 is 1.35 bits per heavy atom. The largest absolute Gasteiger partial charge is 0.433 e.